The second kappa shape index (κ2) is 6.01. The van der Waals surface area contributed by atoms with Crippen LogP contribution in [-0.4, -0.2) is 68.5 Å². The Bertz CT molecular complexity index is 864. The van der Waals surface area contributed by atoms with Crippen LogP contribution in [0.3, 0.4) is 0 Å². The Kier molecular flexibility index (Phi) is 3.70. The molecule has 0 unspecified atom stereocenters. The number of carbonyl (C=O) groups is 1. The smallest absolute Gasteiger partial charge is 0.253 e. The van der Waals surface area contributed by atoms with Gasteiger partial charge in [0.25, 0.3) is 5.91 Å². The monoisotopic (exact) mass is 322 g/mol. The van der Waals surface area contributed by atoms with Gasteiger partial charge in [0.2, 0.25) is 0 Å². The molecule has 0 atom stereocenters. The summed E-state index contributed by atoms with van der Waals surface area (Å²) in [5.41, 5.74) is 3.21. The van der Waals surface area contributed by atoms with Gasteiger partial charge >= 0.3 is 0 Å². The maximum Gasteiger partial charge on any atom is 0.253 e. The van der Waals surface area contributed by atoms with Gasteiger partial charge in [0.1, 0.15) is 6.33 Å². The molecule has 0 N–H and O–H groups in total. The predicted molar refractivity (Wildman–Crippen MR) is 89.6 cm³/mol. The summed E-state index contributed by atoms with van der Waals surface area (Å²) in [4.78, 5) is 25.1. The lowest BCUT2D eigenvalue weighted by atomic mass is 10.1. The summed E-state index contributed by atoms with van der Waals surface area (Å²) in [5, 5.41) is 4.22. The van der Waals surface area contributed by atoms with E-state index >= 15 is 0 Å². The first-order chi connectivity index (χ1) is 11.7. The Morgan fingerprint density at radius 2 is 1.79 bits per heavy atom. The molecule has 2 aromatic heterocycles. The maximum atomic E-state index is 12.6. The Labute approximate surface area is 139 Å². The molecule has 1 saturated heterocycles. The fourth-order valence-electron chi connectivity index (χ4n) is 2.93. The lowest BCUT2D eigenvalue weighted by Gasteiger charge is -2.32. The molecule has 1 fully saturated rings. The van der Waals surface area contributed by atoms with E-state index in [4.69, 9.17) is 0 Å². The van der Waals surface area contributed by atoms with Crippen molar-refractivity contribution in [1.82, 2.24) is 29.4 Å². The Morgan fingerprint density at radius 1 is 1.04 bits per heavy atom. The van der Waals surface area contributed by atoms with Crippen LogP contribution >= 0.6 is 0 Å². The summed E-state index contributed by atoms with van der Waals surface area (Å²) in [6.45, 7) is 3.39. The topological polar surface area (TPSA) is 66.6 Å². The third-order valence-corrected chi connectivity index (χ3v) is 4.41. The van der Waals surface area contributed by atoms with Crippen LogP contribution in [0.2, 0.25) is 0 Å². The summed E-state index contributed by atoms with van der Waals surface area (Å²) < 4.78 is 1.74. The highest BCUT2D eigenvalue weighted by atomic mass is 16.2. The third kappa shape index (κ3) is 2.63. The summed E-state index contributed by atoms with van der Waals surface area (Å²) >= 11 is 0. The average Bonchev–Trinajstić information content (AvgIpc) is 3.11. The molecule has 4 rings (SSSR count). The first-order valence-corrected chi connectivity index (χ1v) is 7.94. The van der Waals surface area contributed by atoms with Crippen LogP contribution in [-0.2, 0) is 0 Å². The lowest BCUT2D eigenvalue weighted by molar-refractivity contribution is 0.0664. The van der Waals surface area contributed by atoms with Gasteiger partial charge in [0, 0.05) is 37.3 Å². The van der Waals surface area contributed by atoms with Crippen LogP contribution in [0.4, 0.5) is 0 Å². The number of benzene rings is 1. The van der Waals surface area contributed by atoms with Crippen LogP contribution in [0.1, 0.15) is 10.4 Å². The van der Waals surface area contributed by atoms with Gasteiger partial charge in [-0.25, -0.2) is 9.50 Å². The van der Waals surface area contributed by atoms with E-state index in [9.17, 15) is 4.79 Å². The van der Waals surface area contributed by atoms with Crippen molar-refractivity contribution in [3.8, 4) is 11.3 Å². The molecule has 0 spiro atoms. The molecule has 3 heterocycles. The van der Waals surface area contributed by atoms with Gasteiger partial charge in [-0.2, -0.15) is 5.10 Å². The van der Waals surface area contributed by atoms with E-state index in [2.05, 4.69) is 27.0 Å². The number of rotatable bonds is 2. The van der Waals surface area contributed by atoms with Crippen molar-refractivity contribution >= 4 is 11.6 Å². The number of fused-ring (bicyclic) bond motifs is 1. The second-order valence-electron chi connectivity index (χ2n) is 6.00. The van der Waals surface area contributed by atoms with Gasteiger partial charge in [-0.05, 0) is 19.2 Å². The first-order valence-electron chi connectivity index (χ1n) is 7.94. The van der Waals surface area contributed by atoms with Crippen LogP contribution in [0, 0.1) is 0 Å². The third-order valence-electron chi connectivity index (χ3n) is 4.41. The molecule has 122 valence electrons. The Morgan fingerprint density at radius 3 is 2.54 bits per heavy atom. The molecule has 7 nitrogen and oxygen atoms in total. The number of hydrogen-bond donors (Lipinski definition) is 0. The van der Waals surface area contributed by atoms with E-state index < -0.39 is 0 Å². The van der Waals surface area contributed by atoms with E-state index in [1.54, 1.807) is 16.9 Å². The molecular formula is C17H18N6O. The molecule has 0 saturated carbocycles. The minimum Gasteiger partial charge on any atom is -0.336 e. The van der Waals surface area contributed by atoms with Gasteiger partial charge in [0.05, 0.1) is 18.1 Å². The number of nitrogens with zero attached hydrogens (tertiary/aromatic N) is 6. The van der Waals surface area contributed by atoms with Crippen molar-refractivity contribution in [1.29, 1.82) is 0 Å². The summed E-state index contributed by atoms with van der Waals surface area (Å²) in [6, 6.07) is 7.60. The molecule has 24 heavy (non-hydrogen) atoms. The van der Waals surface area contributed by atoms with Gasteiger partial charge in [-0.15, -0.1) is 0 Å². The Balaban J connectivity index is 1.59. The van der Waals surface area contributed by atoms with Crippen LogP contribution in [0.15, 0.2) is 43.0 Å². The Hall–Kier alpha value is -2.80. The predicted octanol–water partition coefficient (Wildman–Crippen LogP) is 1.18. The summed E-state index contributed by atoms with van der Waals surface area (Å²) in [5.74, 6) is 0.0896. The zero-order chi connectivity index (χ0) is 16.5. The maximum absolute atomic E-state index is 12.6. The molecule has 1 aliphatic rings. The molecule has 1 aliphatic heterocycles. The van der Waals surface area contributed by atoms with E-state index in [1.165, 1.54) is 6.33 Å². The van der Waals surface area contributed by atoms with Crippen molar-refractivity contribution in [3.05, 3.63) is 48.5 Å². The number of hydrogen-bond acceptors (Lipinski definition) is 5. The zero-order valence-corrected chi connectivity index (χ0v) is 13.5. The van der Waals surface area contributed by atoms with Gasteiger partial charge < -0.3 is 9.80 Å². The number of piperazine rings is 1. The van der Waals surface area contributed by atoms with E-state index in [-0.39, 0.29) is 5.91 Å². The highest BCUT2D eigenvalue weighted by Crippen LogP contribution is 2.20. The van der Waals surface area contributed by atoms with E-state index in [0.717, 1.165) is 37.4 Å². The molecular weight excluding hydrogens is 304 g/mol. The normalized spacial score (nSPS) is 15.8. The van der Waals surface area contributed by atoms with Crippen molar-refractivity contribution < 1.29 is 4.79 Å². The minimum absolute atomic E-state index is 0.0896. The summed E-state index contributed by atoms with van der Waals surface area (Å²) in [6.07, 6.45) is 4.92. The second-order valence-corrected chi connectivity index (χ2v) is 6.00. The highest BCUT2D eigenvalue weighted by Gasteiger charge is 2.20. The number of aromatic nitrogens is 4. The fourth-order valence-corrected chi connectivity index (χ4v) is 2.93. The zero-order valence-electron chi connectivity index (χ0n) is 13.5. The standard InChI is InChI=1S/C17H18N6O/c1-21-6-8-22(9-7-21)17(24)14-4-2-13(3-5-14)15-10-18-11-16-19-12-20-23(15)16/h2-5,10-12H,6-9H2,1H3. The van der Waals surface area contributed by atoms with Crippen molar-refractivity contribution in [2.24, 2.45) is 0 Å². The molecule has 3 aromatic rings. The molecule has 1 aromatic carbocycles. The summed E-state index contributed by atoms with van der Waals surface area (Å²) in [7, 11) is 2.08. The fraction of sp³-hybridized carbons (Fsp3) is 0.294. The van der Waals surface area contributed by atoms with E-state index in [1.807, 2.05) is 29.2 Å². The van der Waals surface area contributed by atoms with Crippen molar-refractivity contribution in [3.63, 3.8) is 0 Å². The number of carbonyl (C=O) groups excluding carboxylic acids is 1. The lowest BCUT2D eigenvalue weighted by Crippen LogP contribution is -2.47. The van der Waals surface area contributed by atoms with Crippen molar-refractivity contribution in [2.75, 3.05) is 33.2 Å². The largest absolute Gasteiger partial charge is 0.336 e. The molecule has 0 radical (unpaired) electrons. The average molecular weight is 322 g/mol. The SMILES string of the molecule is CN1CCN(C(=O)c2ccc(-c3cncc4ncnn34)cc2)CC1. The van der Waals surface area contributed by atoms with Gasteiger partial charge in [0.15, 0.2) is 5.65 Å². The molecule has 7 heteroatoms. The quantitative estimate of drug-likeness (QED) is 0.709. The van der Waals surface area contributed by atoms with Crippen molar-refractivity contribution in [2.45, 2.75) is 0 Å². The van der Waals surface area contributed by atoms with Gasteiger partial charge in [-0.1, -0.05) is 12.1 Å². The minimum atomic E-state index is 0.0896. The highest BCUT2D eigenvalue weighted by molar-refractivity contribution is 5.94. The first kappa shape index (κ1) is 14.8. The number of amides is 1. The molecule has 0 aliphatic carbocycles. The van der Waals surface area contributed by atoms with Crippen LogP contribution in [0.25, 0.3) is 16.9 Å². The van der Waals surface area contributed by atoms with Crippen LogP contribution in [0.5, 0.6) is 0 Å². The van der Waals surface area contributed by atoms with E-state index in [0.29, 0.717) is 11.2 Å². The molecule has 1 amide bonds. The number of likely N-dealkylation sites (N-methyl/N-ethyl adjacent to an activating group) is 1. The molecule has 0 bridgehead atoms. The van der Waals surface area contributed by atoms with Gasteiger partial charge in [-0.3, -0.25) is 9.78 Å². The van der Waals surface area contributed by atoms with Crippen LogP contribution < -0.4 is 0 Å².